The van der Waals surface area contributed by atoms with Gasteiger partial charge in [-0.3, -0.25) is 0 Å². The van der Waals surface area contributed by atoms with Crippen LogP contribution in [0.15, 0.2) is 158 Å². The summed E-state index contributed by atoms with van der Waals surface area (Å²) in [6.07, 6.45) is 0. The zero-order valence-electron chi connectivity index (χ0n) is 26.5. The Bertz CT molecular complexity index is 2760. The summed E-state index contributed by atoms with van der Waals surface area (Å²) in [6, 6.07) is 59.0. The first-order valence-corrected chi connectivity index (χ1v) is 16.6. The molecule has 1 aliphatic carbocycles. The highest BCUT2D eigenvalue weighted by atomic mass is 14.4. The molecule has 0 aromatic heterocycles. The maximum absolute atomic E-state index is 2.49. The topological polar surface area (TPSA) is 0 Å². The van der Waals surface area contributed by atoms with Crippen molar-refractivity contribution >= 4 is 53.9 Å². The van der Waals surface area contributed by atoms with Crippen molar-refractivity contribution in [1.29, 1.82) is 0 Å². The molecule has 10 rings (SSSR count). The van der Waals surface area contributed by atoms with Gasteiger partial charge >= 0.3 is 0 Å². The van der Waals surface area contributed by atoms with Crippen LogP contribution in [0.25, 0.3) is 87.2 Å². The van der Waals surface area contributed by atoms with Gasteiger partial charge < -0.3 is 0 Å². The maximum atomic E-state index is 2.49. The number of benzene rings is 9. The third-order valence-electron chi connectivity index (χ3n) is 10.8. The van der Waals surface area contributed by atoms with Crippen LogP contribution in [0, 0.1) is 0 Å². The largest absolute Gasteiger partial charge is 0.0616 e. The fraction of sp³-hybridized carbons (Fsp3) is 0.0638. The Balaban J connectivity index is 1.19. The Hall–Kier alpha value is -5.72. The molecule has 0 N–H and O–H groups in total. The van der Waals surface area contributed by atoms with Crippen LogP contribution in [0.2, 0.25) is 0 Å². The van der Waals surface area contributed by atoms with Gasteiger partial charge in [-0.15, -0.1) is 0 Å². The van der Waals surface area contributed by atoms with E-state index in [1.165, 1.54) is 98.4 Å². The van der Waals surface area contributed by atoms with Crippen LogP contribution < -0.4 is 0 Å². The molecular weight excluding hydrogens is 565 g/mol. The first-order valence-electron chi connectivity index (χ1n) is 16.6. The van der Waals surface area contributed by atoms with E-state index < -0.39 is 0 Å². The maximum Gasteiger partial charge on any atom is 0.0159 e. The number of fused-ring (bicyclic) bond motifs is 9. The number of hydrogen-bond donors (Lipinski definition) is 0. The van der Waals surface area contributed by atoms with Crippen molar-refractivity contribution in [2.45, 2.75) is 19.3 Å². The van der Waals surface area contributed by atoms with Crippen LogP contribution in [0.1, 0.15) is 25.0 Å². The molecule has 0 amide bonds. The van der Waals surface area contributed by atoms with Crippen molar-refractivity contribution in [3.05, 3.63) is 169 Å². The van der Waals surface area contributed by atoms with E-state index in [-0.39, 0.29) is 5.41 Å². The summed E-state index contributed by atoms with van der Waals surface area (Å²) >= 11 is 0. The van der Waals surface area contributed by atoms with Gasteiger partial charge in [-0.25, -0.2) is 0 Å². The van der Waals surface area contributed by atoms with Gasteiger partial charge in [0.05, 0.1) is 0 Å². The third kappa shape index (κ3) is 3.82. The van der Waals surface area contributed by atoms with Gasteiger partial charge in [-0.2, -0.15) is 0 Å². The monoisotopic (exact) mass is 596 g/mol. The number of rotatable bonds is 2. The first kappa shape index (κ1) is 26.5. The lowest BCUT2D eigenvalue weighted by molar-refractivity contribution is 0.661. The molecule has 1 aliphatic rings. The highest BCUT2D eigenvalue weighted by molar-refractivity contribution is 6.20. The molecule has 0 heterocycles. The van der Waals surface area contributed by atoms with Gasteiger partial charge in [0.25, 0.3) is 0 Å². The van der Waals surface area contributed by atoms with E-state index in [9.17, 15) is 0 Å². The first-order chi connectivity index (χ1) is 23.0. The molecule has 9 aromatic carbocycles. The molecule has 0 saturated carbocycles. The van der Waals surface area contributed by atoms with E-state index in [0.29, 0.717) is 0 Å². The second kappa shape index (κ2) is 9.64. The van der Waals surface area contributed by atoms with E-state index in [4.69, 9.17) is 0 Å². The van der Waals surface area contributed by atoms with Gasteiger partial charge in [0.1, 0.15) is 0 Å². The summed E-state index contributed by atoms with van der Waals surface area (Å²) in [7, 11) is 0. The van der Waals surface area contributed by atoms with Crippen LogP contribution in [0.5, 0.6) is 0 Å². The van der Waals surface area contributed by atoms with Crippen molar-refractivity contribution in [2.24, 2.45) is 0 Å². The molecule has 0 heteroatoms. The fourth-order valence-corrected chi connectivity index (χ4v) is 8.40. The molecule has 0 bridgehead atoms. The van der Waals surface area contributed by atoms with E-state index in [2.05, 4.69) is 172 Å². The van der Waals surface area contributed by atoms with Crippen molar-refractivity contribution in [2.75, 3.05) is 0 Å². The molecule has 0 radical (unpaired) electrons. The lowest BCUT2D eigenvalue weighted by Crippen LogP contribution is -2.15. The summed E-state index contributed by atoms with van der Waals surface area (Å²) in [5.74, 6) is 0. The van der Waals surface area contributed by atoms with Crippen LogP contribution >= 0.6 is 0 Å². The van der Waals surface area contributed by atoms with Crippen LogP contribution in [-0.2, 0) is 5.41 Å². The molecule has 47 heavy (non-hydrogen) atoms. The van der Waals surface area contributed by atoms with Gasteiger partial charge in [0, 0.05) is 5.41 Å². The van der Waals surface area contributed by atoms with Gasteiger partial charge in [-0.1, -0.05) is 141 Å². The van der Waals surface area contributed by atoms with E-state index in [0.717, 1.165) is 0 Å². The molecule has 9 aromatic rings. The van der Waals surface area contributed by atoms with E-state index in [1.807, 2.05) is 0 Å². The average Bonchev–Trinajstić information content (AvgIpc) is 3.33. The minimum Gasteiger partial charge on any atom is -0.0616 e. The highest BCUT2D eigenvalue weighted by Gasteiger charge is 2.36. The fourth-order valence-electron chi connectivity index (χ4n) is 8.40. The Morgan fingerprint density at radius 3 is 1.85 bits per heavy atom. The smallest absolute Gasteiger partial charge is 0.0159 e. The normalized spacial score (nSPS) is 13.5. The van der Waals surface area contributed by atoms with Crippen LogP contribution in [0.4, 0.5) is 0 Å². The molecule has 0 fully saturated rings. The van der Waals surface area contributed by atoms with Gasteiger partial charge in [-0.05, 0) is 129 Å². The van der Waals surface area contributed by atoms with Crippen LogP contribution in [0.3, 0.4) is 0 Å². The standard InChI is InChI=1S/C47H32/c1-47(2)44-27-35(46-38-16-8-6-13-32(38)25-42-36-15-7-5-11-30(36)20-23-40(42)46)21-22-39(44)43-28-41-33(26-45(43)47)14-9-17-37(41)34-19-18-29-10-3-4-12-31(29)24-34/h3-28H,1-2H3. The second-order valence-electron chi connectivity index (χ2n) is 13.7. The van der Waals surface area contributed by atoms with Gasteiger partial charge in [0.2, 0.25) is 0 Å². The molecule has 0 saturated heterocycles. The lowest BCUT2D eigenvalue weighted by Gasteiger charge is -2.23. The summed E-state index contributed by atoms with van der Waals surface area (Å²) < 4.78 is 0. The van der Waals surface area contributed by atoms with Crippen molar-refractivity contribution < 1.29 is 0 Å². The Morgan fingerprint density at radius 1 is 0.319 bits per heavy atom. The minimum absolute atomic E-state index is 0.124. The SMILES string of the molecule is CC1(C)c2cc(-c3c4ccccc4cc4c3ccc3ccccc34)ccc2-c2cc3c(-c4ccc5ccccc5c4)cccc3cc21. The molecule has 0 unspecified atom stereocenters. The molecule has 0 atom stereocenters. The zero-order valence-corrected chi connectivity index (χ0v) is 26.5. The summed E-state index contributed by atoms with van der Waals surface area (Å²) in [5.41, 5.74) is 10.5. The Kier molecular flexibility index (Phi) is 5.44. The molecule has 0 spiro atoms. The quantitative estimate of drug-likeness (QED) is 0.138. The van der Waals surface area contributed by atoms with Crippen molar-refractivity contribution in [3.63, 3.8) is 0 Å². The average molecular weight is 597 g/mol. The zero-order chi connectivity index (χ0) is 31.3. The predicted octanol–water partition coefficient (Wildman–Crippen LogP) is 13.1. The molecule has 220 valence electrons. The molecular formula is C47H32. The Labute approximate surface area is 274 Å². The van der Waals surface area contributed by atoms with Crippen molar-refractivity contribution in [1.82, 2.24) is 0 Å². The Morgan fingerprint density at radius 2 is 0.979 bits per heavy atom. The highest BCUT2D eigenvalue weighted by Crippen LogP contribution is 2.52. The predicted molar refractivity (Wildman–Crippen MR) is 202 cm³/mol. The lowest BCUT2D eigenvalue weighted by atomic mass is 9.80. The third-order valence-corrected chi connectivity index (χ3v) is 10.8. The van der Waals surface area contributed by atoms with Crippen molar-refractivity contribution in [3.8, 4) is 33.4 Å². The number of hydrogen-bond acceptors (Lipinski definition) is 0. The van der Waals surface area contributed by atoms with E-state index in [1.54, 1.807) is 0 Å². The second-order valence-corrected chi connectivity index (χ2v) is 13.7. The van der Waals surface area contributed by atoms with Crippen LogP contribution in [-0.4, -0.2) is 0 Å². The summed E-state index contributed by atoms with van der Waals surface area (Å²) in [4.78, 5) is 0. The minimum atomic E-state index is -0.124. The van der Waals surface area contributed by atoms with E-state index >= 15 is 0 Å². The molecule has 0 aliphatic heterocycles. The summed E-state index contributed by atoms with van der Waals surface area (Å²) in [5, 5.41) is 12.9. The van der Waals surface area contributed by atoms with Gasteiger partial charge in [0.15, 0.2) is 0 Å². The summed E-state index contributed by atoms with van der Waals surface area (Å²) in [6.45, 7) is 4.80. The molecule has 0 nitrogen and oxygen atoms in total.